The Hall–Kier alpha value is -3.12. The van der Waals surface area contributed by atoms with Crippen molar-refractivity contribution in [1.29, 1.82) is 0 Å². The van der Waals surface area contributed by atoms with Gasteiger partial charge in [-0.15, -0.1) is 5.56 Å². The Labute approximate surface area is 237 Å². The number of hydrogen-bond acceptors (Lipinski definition) is 0. The van der Waals surface area contributed by atoms with E-state index in [1.165, 1.54) is 22.3 Å². The van der Waals surface area contributed by atoms with E-state index < -0.39 is 0 Å². The summed E-state index contributed by atoms with van der Waals surface area (Å²) < 4.78 is 0. The van der Waals surface area contributed by atoms with Crippen LogP contribution in [0.1, 0.15) is 22.3 Å². The van der Waals surface area contributed by atoms with Crippen LogP contribution in [-0.4, -0.2) is 0 Å². The second-order valence-electron chi connectivity index (χ2n) is 8.21. The summed E-state index contributed by atoms with van der Waals surface area (Å²) in [7, 11) is 0. The van der Waals surface area contributed by atoms with E-state index in [0.717, 1.165) is 6.42 Å². The quantitative estimate of drug-likeness (QED) is 0.149. The molecule has 0 aromatic heterocycles. The van der Waals surface area contributed by atoms with Crippen molar-refractivity contribution in [3.63, 3.8) is 0 Å². The molecule has 6 rings (SSSR count). The molecule has 0 bridgehead atoms. The first-order valence-electron chi connectivity index (χ1n) is 11.8. The summed E-state index contributed by atoms with van der Waals surface area (Å²) in [5.41, 5.74) is 5.22. The molecule has 0 nitrogen and oxygen atoms in total. The van der Waals surface area contributed by atoms with E-state index >= 15 is 0 Å². The predicted octanol–water partition coefficient (Wildman–Crippen LogP) is 8.51. The van der Waals surface area contributed by atoms with Crippen molar-refractivity contribution in [3.05, 3.63) is 192 Å². The molecule has 2 heteroatoms. The largest absolute Gasteiger partial charge is 2.00 e. The van der Waals surface area contributed by atoms with Crippen LogP contribution in [0, 0.1) is 0 Å². The fourth-order valence-electron chi connectivity index (χ4n) is 4.39. The first-order chi connectivity index (χ1) is 16.9. The standard InChI is InChI=1S/C24H20.2C5H5.2Fe/c1-3-13-21(14-4-1)24(23-17-9-10-18-23,19-20-11-7-8-12-20)22-15-5-2-6-16-22;2*1-2-4-5-3-1;;/h1-18H,19H2;2*1-5H;;/q-2;2*-1;2*+2. The van der Waals surface area contributed by atoms with E-state index in [2.05, 4.69) is 109 Å². The van der Waals surface area contributed by atoms with Crippen LogP contribution in [0.25, 0.3) is 0 Å². The second-order valence-corrected chi connectivity index (χ2v) is 8.21. The average molecular weight is 550 g/mol. The minimum absolute atomic E-state index is 0. The fraction of sp³-hybridized carbons (Fsp3) is 0.0588. The molecule has 0 N–H and O–H groups in total. The van der Waals surface area contributed by atoms with E-state index in [0.29, 0.717) is 0 Å². The van der Waals surface area contributed by atoms with Gasteiger partial charge in [0.1, 0.15) is 0 Å². The van der Waals surface area contributed by atoms with Crippen LogP contribution in [-0.2, 0) is 46.0 Å². The van der Waals surface area contributed by atoms with Crippen LogP contribution < -0.4 is 0 Å². The smallest absolute Gasteiger partial charge is 0.214 e. The fourth-order valence-corrected chi connectivity index (χ4v) is 4.39. The molecule has 36 heavy (non-hydrogen) atoms. The maximum Gasteiger partial charge on any atom is 2.00 e. The molecule has 0 radical (unpaired) electrons. The molecule has 6 aromatic carbocycles. The minimum Gasteiger partial charge on any atom is -0.214 e. The van der Waals surface area contributed by atoms with Gasteiger partial charge in [-0.05, 0) is 16.5 Å². The van der Waals surface area contributed by atoms with Crippen molar-refractivity contribution in [3.8, 4) is 0 Å². The van der Waals surface area contributed by atoms with E-state index in [-0.39, 0.29) is 39.6 Å². The van der Waals surface area contributed by atoms with Gasteiger partial charge >= 0.3 is 34.1 Å². The zero-order valence-electron chi connectivity index (χ0n) is 20.1. The molecule has 0 heterocycles. The van der Waals surface area contributed by atoms with Crippen molar-refractivity contribution >= 4 is 0 Å². The third-order valence-electron chi connectivity index (χ3n) is 6.00. The molecule has 0 aliphatic carbocycles. The van der Waals surface area contributed by atoms with Crippen molar-refractivity contribution in [2.45, 2.75) is 11.8 Å². The summed E-state index contributed by atoms with van der Waals surface area (Å²) in [6.07, 6.45) is 0.956. The van der Waals surface area contributed by atoms with Gasteiger partial charge in [0.15, 0.2) is 0 Å². The van der Waals surface area contributed by atoms with E-state index in [4.69, 9.17) is 0 Å². The zero-order valence-corrected chi connectivity index (χ0v) is 22.3. The molecule has 0 aliphatic rings. The van der Waals surface area contributed by atoms with E-state index in [1.54, 1.807) is 0 Å². The maximum absolute atomic E-state index is 2.25. The topological polar surface area (TPSA) is 0 Å². The number of hydrogen-bond donors (Lipinski definition) is 0. The van der Waals surface area contributed by atoms with Gasteiger partial charge in [0.25, 0.3) is 0 Å². The molecular weight excluding hydrogens is 520 g/mol. The van der Waals surface area contributed by atoms with Gasteiger partial charge in [-0.2, -0.15) is 66.2 Å². The summed E-state index contributed by atoms with van der Waals surface area (Å²) in [6.45, 7) is 0. The summed E-state index contributed by atoms with van der Waals surface area (Å²) in [4.78, 5) is 0. The molecule has 0 fully saturated rings. The molecule has 0 saturated carbocycles. The minimum atomic E-state index is -0.166. The van der Waals surface area contributed by atoms with Gasteiger partial charge in [-0.1, -0.05) is 67.1 Å². The Balaban J connectivity index is 0.000000317. The zero-order chi connectivity index (χ0) is 23.3. The molecule has 0 amide bonds. The molecule has 0 unspecified atom stereocenters. The summed E-state index contributed by atoms with van der Waals surface area (Å²) in [6, 6.07) is 59.2. The molecule has 0 aliphatic heterocycles. The second kappa shape index (κ2) is 15.8. The molecule has 6 aromatic rings. The maximum atomic E-state index is 2.25. The Kier molecular flexibility index (Phi) is 12.8. The summed E-state index contributed by atoms with van der Waals surface area (Å²) >= 11 is 0. The Morgan fingerprint density at radius 3 is 1.22 bits per heavy atom. The monoisotopic (exact) mass is 550 g/mol. The van der Waals surface area contributed by atoms with Gasteiger partial charge in [0.05, 0.1) is 0 Å². The number of benzene rings is 2. The summed E-state index contributed by atoms with van der Waals surface area (Å²) in [5, 5.41) is 0. The van der Waals surface area contributed by atoms with E-state index in [9.17, 15) is 0 Å². The third-order valence-corrected chi connectivity index (χ3v) is 6.00. The van der Waals surface area contributed by atoms with E-state index in [1.807, 2.05) is 60.7 Å². The Bertz CT molecular complexity index is 1130. The van der Waals surface area contributed by atoms with Crippen LogP contribution in [0.4, 0.5) is 0 Å². The normalized spacial score (nSPS) is 9.89. The van der Waals surface area contributed by atoms with Crippen molar-refractivity contribution in [1.82, 2.24) is 0 Å². The van der Waals surface area contributed by atoms with Crippen LogP contribution in [0.5, 0.6) is 0 Å². The molecule has 0 saturated heterocycles. The van der Waals surface area contributed by atoms with Gasteiger partial charge in [-0.3, -0.25) is 0 Å². The van der Waals surface area contributed by atoms with Crippen LogP contribution >= 0.6 is 0 Å². The van der Waals surface area contributed by atoms with Gasteiger partial charge < -0.3 is 0 Å². The first-order valence-corrected chi connectivity index (χ1v) is 11.8. The third kappa shape index (κ3) is 7.69. The Morgan fingerprint density at radius 2 is 0.861 bits per heavy atom. The van der Waals surface area contributed by atoms with Gasteiger partial charge in [-0.25, -0.2) is 48.5 Å². The van der Waals surface area contributed by atoms with Gasteiger partial charge in [0, 0.05) is 0 Å². The Morgan fingerprint density at radius 1 is 0.472 bits per heavy atom. The van der Waals surface area contributed by atoms with Crippen LogP contribution in [0.3, 0.4) is 0 Å². The molecule has 182 valence electrons. The van der Waals surface area contributed by atoms with Crippen molar-refractivity contribution in [2.24, 2.45) is 0 Å². The van der Waals surface area contributed by atoms with Crippen molar-refractivity contribution in [2.75, 3.05) is 0 Å². The first kappa shape index (κ1) is 29.1. The SMILES string of the molecule is [Fe+2].[Fe+2].c1cc[cH-]c1.c1cc[cH-]c1.c1ccc(C(C[c-]2cccc2)(c2ccccc2)[c-]2cccc2)cc1. The van der Waals surface area contributed by atoms with Gasteiger partial charge in [0.2, 0.25) is 0 Å². The predicted molar refractivity (Wildman–Crippen MR) is 145 cm³/mol. The average Bonchev–Trinajstić information content (AvgIpc) is 3.73. The molecule has 0 spiro atoms. The number of rotatable bonds is 5. The molecular formula is C34H30Fe2. The van der Waals surface area contributed by atoms with Crippen LogP contribution in [0.15, 0.2) is 170 Å². The van der Waals surface area contributed by atoms with Crippen molar-refractivity contribution < 1.29 is 34.1 Å². The molecule has 0 atom stereocenters. The summed E-state index contributed by atoms with van der Waals surface area (Å²) in [5.74, 6) is 0. The van der Waals surface area contributed by atoms with Crippen LogP contribution in [0.2, 0.25) is 0 Å².